The van der Waals surface area contributed by atoms with Crippen molar-refractivity contribution in [2.45, 2.75) is 27.7 Å². The fourth-order valence-corrected chi connectivity index (χ4v) is 5.23. The van der Waals surface area contributed by atoms with Gasteiger partial charge in [-0.15, -0.1) is 11.3 Å². The van der Waals surface area contributed by atoms with Crippen LogP contribution in [0.4, 0.5) is 17.1 Å². The molecule has 0 aliphatic rings. The third-order valence-electron chi connectivity index (χ3n) is 6.43. The van der Waals surface area contributed by atoms with Gasteiger partial charge in [0, 0.05) is 33.4 Å². The van der Waals surface area contributed by atoms with Crippen LogP contribution in [0.1, 0.15) is 27.1 Å². The van der Waals surface area contributed by atoms with Gasteiger partial charge in [0.15, 0.2) is 0 Å². The molecule has 5 rings (SSSR count). The molecule has 0 amide bonds. The fourth-order valence-electron chi connectivity index (χ4n) is 4.18. The van der Waals surface area contributed by atoms with Gasteiger partial charge < -0.3 is 9.32 Å². The highest BCUT2D eigenvalue weighted by Gasteiger charge is 2.17. The predicted molar refractivity (Wildman–Crippen MR) is 144 cm³/mol. The average molecular weight is 474 g/mol. The first-order valence-electron chi connectivity index (χ1n) is 11.3. The number of anilines is 3. The van der Waals surface area contributed by atoms with Gasteiger partial charge in [-0.2, -0.15) is 10.5 Å². The highest BCUT2D eigenvalue weighted by molar-refractivity contribution is 7.20. The van der Waals surface area contributed by atoms with Crippen molar-refractivity contribution in [2.75, 3.05) is 4.90 Å². The molecule has 0 saturated heterocycles. The van der Waals surface area contributed by atoms with Gasteiger partial charge in [-0.05, 0) is 98.5 Å². The molecule has 3 aromatic carbocycles. The van der Waals surface area contributed by atoms with Crippen LogP contribution in [0.5, 0.6) is 0 Å². The van der Waals surface area contributed by atoms with Crippen LogP contribution in [-0.2, 0) is 0 Å². The third-order valence-corrected chi connectivity index (χ3v) is 7.53. The number of allylic oxidation sites excluding steroid dienone is 1. The number of nitrogens with zero attached hydrogens (tertiary/aromatic N) is 3. The van der Waals surface area contributed by atoms with E-state index in [0.29, 0.717) is 0 Å². The van der Waals surface area contributed by atoms with Crippen molar-refractivity contribution >= 4 is 55.7 Å². The molecule has 5 heteroatoms. The molecule has 0 aliphatic carbocycles. The topological polar surface area (TPSA) is 64.0 Å². The number of benzene rings is 3. The van der Waals surface area contributed by atoms with E-state index in [2.05, 4.69) is 87.2 Å². The van der Waals surface area contributed by atoms with Crippen molar-refractivity contribution < 1.29 is 4.42 Å². The van der Waals surface area contributed by atoms with Crippen LogP contribution in [0.2, 0.25) is 0 Å². The number of aryl methyl sites for hydroxylation is 4. The van der Waals surface area contributed by atoms with Gasteiger partial charge in [0.1, 0.15) is 28.9 Å². The lowest BCUT2D eigenvalue weighted by molar-refractivity contribution is 0.670. The first-order chi connectivity index (χ1) is 16.9. The van der Waals surface area contributed by atoms with Gasteiger partial charge in [0.2, 0.25) is 0 Å². The van der Waals surface area contributed by atoms with Crippen LogP contribution in [0, 0.1) is 50.4 Å². The Kier molecular flexibility index (Phi) is 5.65. The Morgan fingerprint density at radius 2 is 1.31 bits per heavy atom. The summed E-state index contributed by atoms with van der Waals surface area (Å²) in [7, 11) is 0. The van der Waals surface area contributed by atoms with E-state index in [1.54, 1.807) is 6.08 Å². The lowest BCUT2D eigenvalue weighted by Crippen LogP contribution is -2.10. The number of rotatable bonds is 4. The molecule has 0 bridgehead atoms. The molecule has 0 spiro atoms. The number of nitriles is 2. The zero-order chi connectivity index (χ0) is 24.7. The Morgan fingerprint density at radius 1 is 0.743 bits per heavy atom. The Bertz CT molecular complexity index is 1660. The molecule has 2 aromatic heterocycles. The van der Waals surface area contributed by atoms with Gasteiger partial charge in [-0.25, -0.2) is 0 Å². The summed E-state index contributed by atoms with van der Waals surface area (Å²) in [5.41, 5.74) is 9.85. The maximum absolute atomic E-state index is 9.06. The number of hydrogen-bond acceptors (Lipinski definition) is 5. The smallest absolute Gasteiger partial charge is 0.146 e. The van der Waals surface area contributed by atoms with E-state index in [0.717, 1.165) is 43.2 Å². The summed E-state index contributed by atoms with van der Waals surface area (Å²) in [6, 6.07) is 25.1. The van der Waals surface area contributed by atoms with Crippen molar-refractivity contribution in [3.8, 4) is 12.1 Å². The van der Waals surface area contributed by atoms with Crippen LogP contribution < -0.4 is 4.90 Å². The van der Waals surface area contributed by atoms with Crippen LogP contribution in [-0.4, -0.2) is 0 Å². The Labute approximate surface area is 208 Å². The standard InChI is InChI=1S/C30H23N3OS/c1-18-5-7-23(11-20(18)3)33(24-8-6-19(2)21(4)12-24)25-9-10-27-28(14-25)34-29-15-26(35-30(27)29)13-22(16-31)17-32/h5-15H,1-4H3. The third kappa shape index (κ3) is 4.08. The van der Waals surface area contributed by atoms with Gasteiger partial charge >= 0.3 is 0 Å². The molecule has 0 atom stereocenters. The summed E-state index contributed by atoms with van der Waals surface area (Å²) >= 11 is 1.52. The number of hydrogen-bond donors (Lipinski definition) is 0. The van der Waals surface area contributed by atoms with Crippen molar-refractivity contribution in [1.82, 2.24) is 0 Å². The molecular formula is C30H23N3OS. The molecule has 4 nitrogen and oxygen atoms in total. The minimum absolute atomic E-state index is 0.0814. The molecule has 0 saturated carbocycles. The minimum Gasteiger partial charge on any atom is -0.455 e. The lowest BCUT2D eigenvalue weighted by atomic mass is 10.1. The van der Waals surface area contributed by atoms with Crippen LogP contribution >= 0.6 is 11.3 Å². The molecule has 2 heterocycles. The Balaban J connectivity index is 1.65. The molecule has 5 aromatic rings. The van der Waals surface area contributed by atoms with E-state index < -0.39 is 0 Å². The van der Waals surface area contributed by atoms with Crippen molar-refractivity contribution in [3.63, 3.8) is 0 Å². The second-order valence-corrected chi connectivity index (χ2v) is 9.86. The molecule has 0 N–H and O–H groups in total. The van der Waals surface area contributed by atoms with Crippen LogP contribution in [0.15, 0.2) is 70.7 Å². The summed E-state index contributed by atoms with van der Waals surface area (Å²) < 4.78 is 7.23. The lowest BCUT2D eigenvalue weighted by Gasteiger charge is -2.26. The maximum Gasteiger partial charge on any atom is 0.146 e. The monoisotopic (exact) mass is 473 g/mol. The molecule has 0 radical (unpaired) electrons. The highest BCUT2D eigenvalue weighted by Crippen LogP contribution is 2.41. The number of thiophene rings is 1. The summed E-state index contributed by atoms with van der Waals surface area (Å²) in [5, 5.41) is 19.1. The fraction of sp³-hybridized carbons (Fsp3) is 0.133. The van der Waals surface area contributed by atoms with Gasteiger partial charge in [0.25, 0.3) is 0 Å². The van der Waals surface area contributed by atoms with E-state index in [9.17, 15) is 0 Å². The van der Waals surface area contributed by atoms with Crippen molar-refractivity contribution in [2.24, 2.45) is 0 Å². The first-order valence-corrected chi connectivity index (χ1v) is 12.1. The quantitative estimate of drug-likeness (QED) is 0.245. The molecule has 170 valence electrons. The molecule has 35 heavy (non-hydrogen) atoms. The average Bonchev–Trinajstić information content (AvgIpc) is 3.39. The van der Waals surface area contributed by atoms with Crippen LogP contribution in [0.3, 0.4) is 0 Å². The van der Waals surface area contributed by atoms with Gasteiger partial charge in [-0.3, -0.25) is 0 Å². The summed E-state index contributed by atoms with van der Waals surface area (Å²) in [5.74, 6) is 0. The van der Waals surface area contributed by atoms with E-state index in [-0.39, 0.29) is 5.57 Å². The Hall–Kier alpha value is -4.32. The van der Waals surface area contributed by atoms with Gasteiger partial charge in [-0.1, -0.05) is 12.1 Å². The molecule has 0 aliphatic heterocycles. The normalized spacial score (nSPS) is 10.8. The second-order valence-electron chi connectivity index (χ2n) is 8.78. The number of fused-ring (bicyclic) bond motifs is 3. The highest BCUT2D eigenvalue weighted by atomic mass is 32.1. The number of furan rings is 1. The Morgan fingerprint density at radius 3 is 1.89 bits per heavy atom. The molecular weight excluding hydrogens is 450 g/mol. The van der Waals surface area contributed by atoms with Crippen molar-refractivity contribution in [3.05, 3.63) is 93.4 Å². The van der Waals surface area contributed by atoms with Crippen molar-refractivity contribution in [1.29, 1.82) is 10.5 Å². The summed E-state index contributed by atoms with van der Waals surface area (Å²) in [6.07, 6.45) is 1.60. The SMILES string of the molecule is Cc1ccc(N(c2ccc(C)c(C)c2)c2ccc3c(c2)oc2cc(C=C(C#N)C#N)sc23)cc1C. The van der Waals surface area contributed by atoms with E-state index in [4.69, 9.17) is 14.9 Å². The predicted octanol–water partition coefficient (Wildman–Crippen LogP) is 8.78. The van der Waals surface area contributed by atoms with E-state index in [1.165, 1.54) is 33.6 Å². The van der Waals surface area contributed by atoms with E-state index in [1.807, 2.05) is 18.2 Å². The molecule has 0 fully saturated rings. The summed E-state index contributed by atoms with van der Waals surface area (Å²) in [6.45, 7) is 8.52. The zero-order valence-electron chi connectivity index (χ0n) is 20.0. The van der Waals surface area contributed by atoms with Crippen LogP contribution in [0.25, 0.3) is 27.3 Å². The zero-order valence-corrected chi connectivity index (χ0v) is 20.8. The first kappa shape index (κ1) is 22.5. The second kappa shape index (κ2) is 8.80. The largest absolute Gasteiger partial charge is 0.455 e. The molecule has 0 unspecified atom stereocenters. The summed E-state index contributed by atoms with van der Waals surface area (Å²) in [4.78, 5) is 3.09. The minimum atomic E-state index is 0.0814. The maximum atomic E-state index is 9.06. The van der Waals surface area contributed by atoms with E-state index >= 15 is 0 Å². The van der Waals surface area contributed by atoms with Gasteiger partial charge in [0.05, 0.1) is 4.70 Å².